The SMILES string of the molecule is COc1ccc(CCN(CCCN(C)C[C@H]2Cc3cc(OC)c(OC)cc32)C(C)=O)cc1OC. The Morgan fingerprint density at radius 1 is 0.882 bits per heavy atom. The van der Waals surface area contributed by atoms with Gasteiger partial charge in [0.25, 0.3) is 0 Å². The van der Waals surface area contributed by atoms with E-state index in [1.807, 2.05) is 23.1 Å². The zero-order valence-electron chi connectivity index (χ0n) is 21.3. The van der Waals surface area contributed by atoms with Crippen LogP contribution in [0.1, 0.15) is 36.0 Å². The first-order chi connectivity index (χ1) is 16.4. The van der Waals surface area contributed by atoms with Crippen LogP contribution in [0.5, 0.6) is 23.0 Å². The van der Waals surface area contributed by atoms with E-state index in [1.165, 1.54) is 11.1 Å². The number of benzene rings is 2. The highest BCUT2D eigenvalue weighted by atomic mass is 16.5. The summed E-state index contributed by atoms with van der Waals surface area (Å²) < 4.78 is 21.6. The van der Waals surface area contributed by atoms with Gasteiger partial charge in [-0.3, -0.25) is 4.79 Å². The van der Waals surface area contributed by atoms with Crippen molar-refractivity contribution in [3.8, 4) is 23.0 Å². The van der Waals surface area contributed by atoms with Gasteiger partial charge in [-0.2, -0.15) is 0 Å². The molecule has 0 aliphatic heterocycles. The molecule has 186 valence electrons. The Morgan fingerprint density at radius 2 is 1.53 bits per heavy atom. The standard InChI is InChI=1S/C27H38N2O5/c1-19(30)29(13-10-20-8-9-24(31-3)25(14-20)32-4)12-7-11-28(2)18-22-15-21-16-26(33-5)27(34-6)17-23(21)22/h8-9,14,16-17,22H,7,10-13,15,18H2,1-6H3/t22-/m1/s1. The summed E-state index contributed by atoms with van der Waals surface area (Å²) in [6.07, 6.45) is 2.78. The van der Waals surface area contributed by atoms with Crippen LogP contribution in [-0.4, -0.2) is 77.4 Å². The van der Waals surface area contributed by atoms with Gasteiger partial charge < -0.3 is 28.7 Å². The Morgan fingerprint density at radius 3 is 2.18 bits per heavy atom. The molecular formula is C27H38N2O5. The third kappa shape index (κ3) is 6.14. The molecule has 3 rings (SSSR count). The summed E-state index contributed by atoms with van der Waals surface area (Å²) in [7, 11) is 8.77. The van der Waals surface area contributed by atoms with Crippen molar-refractivity contribution in [3.63, 3.8) is 0 Å². The van der Waals surface area contributed by atoms with Crippen LogP contribution in [0.3, 0.4) is 0 Å². The first-order valence-electron chi connectivity index (χ1n) is 11.8. The summed E-state index contributed by atoms with van der Waals surface area (Å²) in [4.78, 5) is 16.5. The molecule has 0 heterocycles. The number of carbonyl (C=O) groups is 1. The van der Waals surface area contributed by atoms with E-state index in [0.29, 0.717) is 24.0 Å². The van der Waals surface area contributed by atoms with E-state index in [4.69, 9.17) is 18.9 Å². The normalized spacial score (nSPS) is 14.3. The minimum absolute atomic E-state index is 0.108. The summed E-state index contributed by atoms with van der Waals surface area (Å²) in [6, 6.07) is 10.1. The molecule has 7 heteroatoms. The maximum absolute atomic E-state index is 12.2. The molecule has 1 atom stereocenters. The highest BCUT2D eigenvalue weighted by Crippen LogP contribution is 2.42. The molecule has 0 unspecified atom stereocenters. The Labute approximate surface area is 203 Å². The monoisotopic (exact) mass is 470 g/mol. The second kappa shape index (κ2) is 12.0. The van der Waals surface area contributed by atoms with Gasteiger partial charge in [-0.25, -0.2) is 0 Å². The predicted octanol–water partition coefficient (Wildman–Crippen LogP) is 3.77. The zero-order chi connectivity index (χ0) is 24.7. The summed E-state index contributed by atoms with van der Waals surface area (Å²) >= 11 is 0. The minimum atomic E-state index is 0.108. The molecule has 0 aromatic heterocycles. The molecule has 0 spiro atoms. The van der Waals surface area contributed by atoms with Crippen molar-refractivity contribution in [2.24, 2.45) is 0 Å². The van der Waals surface area contributed by atoms with Crippen LogP contribution in [0, 0.1) is 0 Å². The lowest BCUT2D eigenvalue weighted by Gasteiger charge is -2.34. The smallest absolute Gasteiger partial charge is 0.219 e. The topological polar surface area (TPSA) is 60.5 Å². The molecule has 0 N–H and O–H groups in total. The highest BCUT2D eigenvalue weighted by Gasteiger charge is 2.29. The summed E-state index contributed by atoms with van der Waals surface area (Å²) in [5, 5.41) is 0. The Balaban J connectivity index is 1.46. The lowest BCUT2D eigenvalue weighted by atomic mass is 9.77. The zero-order valence-corrected chi connectivity index (χ0v) is 21.3. The number of nitrogens with zero attached hydrogens (tertiary/aromatic N) is 2. The predicted molar refractivity (Wildman–Crippen MR) is 134 cm³/mol. The van der Waals surface area contributed by atoms with Crippen molar-refractivity contribution in [1.29, 1.82) is 0 Å². The molecule has 1 amide bonds. The maximum Gasteiger partial charge on any atom is 0.219 e. The third-order valence-electron chi connectivity index (χ3n) is 6.62. The molecule has 7 nitrogen and oxygen atoms in total. The maximum atomic E-state index is 12.2. The van der Waals surface area contributed by atoms with Gasteiger partial charge in [-0.15, -0.1) is 0 Å². The van der Waals surface area contributed by atoms with E-state index in [1.54, 1.807) is 35.4 Å². The fourth-order valence-corrected chi connectivity index (χ4v) is 4.63. The van der Waals surface area contributed by atoms with Gasteiger partial charge in [0.05, 0.1) is 28.4 Å². The van der Waals surface area contributed by atoms with E-state index < -0.39 is 0 Å². The van der Waals surface area contributed by atoms with Crippen molar-refractivity contribution in [2.75, 3.05) is 61.7 Å². The first kappa shape index (κ1) is 25.7. The van der Waals surface area contributed by atoms with Crippen molar-refractivity contribution >= 4 is 5.91 Å². The van der Waals surface area contributed by atoms with Crippen LogP contribution in [0.2, 0.25) is 0 Å². The second-order valence-electron chi connectivity index (χ2n) is 8.87. The molecule has 2 aromatic carbocycles. The van der Waals surface area contributed by atoms with E-state index in [-0.39, 0.29) is 5.91 Å². The van der Waals surface area contributed by atoms with Gasteiger partial charge in [0.2, 0.25) is 5.91 Å². The van der Waals surface area contributed by atoms with Gasteiger partial charge in [0.15, 0.2) is 23.0 Å². The van der Waals surface area contributed by atoms with Gasteiger partial charge in [-0.1, -0.05) is 6.07 Å². The molecule has 0 fully saturated rings. The van der Waals surface area contributed by atoms with Crippen molar-refractivity contribution in [3.05, 3.63) is 47.0 Å². The fourth-order valence-electron chi connectivity index (χ4n) is 4.63. The van der Waals surface area contributed by atoms with E-state index >= 15 is 0 Å². The largest absolute Gasteiger partial charge is 0.493 e. The van der Waals surface area contributed by atoms with Crippen LogP contribution < -0.4 is 18.9 Å². The van der Waals surface area contributed by atoms with Gasteiger partial charge >= 0.3 is 0 Å². The van der Waals surface area contributed by atoms with Crippen molar-refractivity contribution < 1.29 is 23.7 Å². The number of likely N-dealkylation sites (N-methyl/N-ethyl adjacent to an activating group) is 1. The number of fused-ring (bicyclic) bond motifs is 1. The van der Waals surface area contributed by atoms with E-state index in [2.05, 4.69) is 24.1 Å². The molecule has 34 heavy (non-hydrogen) atoms. The van der Waals surface area contributed by atoms with Gasteiger partial charge in [-0.05, 0) is 73.8 Å². The average molecular weight is 471 g/mol. The lowest BCUT2D eigenvalue weighted by Crippen LogP contribution is -2.35. The quantitative estimate of drug-likeness (QED) is 0.444. The van der Waals surface area contributed by atoms with E-state index in [9.17, 15) is 4.79 Å². The summed E-state index contributed by atoms with van der Waals surface area (Å²) in [6.45, 7) is 5.02. The summed E-state index contributed by atoms with van der Waals surface area (Å²) in [5.41, 5.74) is 3.82. The summed E-state index contributed by atoms with van der Waals surface area (Å²) in [5.74, 6) is 3.63. The Hall–Kier alpha value is -2.93. The van der Waals surface area contributed by atoms with Crippen LogP contribution in [-0.2, 0) is 17.6 Å². The molecule has 0 saturated carbocycles. The number of hydrogen-bond acceptors (Lipinski definition) is 6. The molecule has 2 aromatic rings. The second-order valence-corrected chi connectivity index (χ2v) is 8.87. The Bertz CT molecular complexity index is 978. The number of carbonyl (C=O) groups excluding carboxylic acids is 1. The molecule has 0 saturated heterocycles. The number of ether oxygens (including phenoxy) is 4. The Kier molecular flexibility index (Phi) is 9.05. The molecular weight excluding hydrogens is 432 g/mol. The fraction of sp³-hybridized carbons (Fsp3) is 0.519. The first-order valence-corrected chi connectivity index (χ1v) is 11.8. The molecule has 1 aliphatic carbocycles. The molecule has 0 bridgehead atoms. The van der Waals surface area contributed by atoms with Crippen LogP contribution >= 0.6 is 0 Å². The van der Waals surface area contributed by atoms with Crippen LogP contribution in [0.4, 0.5) is 0 Å². The average Bonchev–Trinajstić information content (AvgIpc) is 2.83. The third-order valence-corrected chi connectivity index (χ3v) is 6.62. The van der Waals surface area contributed by atoms with Crippen molar-refractivity contribution in [1.82, 2.24) is 9.80 Å². The molecule has 0 radical (unpaired) electrons. The molecule has 1 aliphatic rings. The van der Waals surface area contributed by atoms with Crippen molar-refractivity contribution in [2.45, 2.75) is 32.1 Å². The number of amides is 1. The number of methoxy groups -OCH3 is 4. The number of rotatable bonds is 13. The minimum Gasteiger partial charge on any atom is -0.493 e. The lowest BCUT2D eigenvalue weighted by molar-refractivity contribution is -0.128. The van der Waals surface area contributed by atoms with Gasteiger partial charge in [0.1, 0.15) is 0 Å². The number of hydrogen-bond donors (Lipinski definition) is 0. The van der Waals surface area contributed by atoms with E-state index in [0.717, 1.165) is 56.0 Å². The van der Waals surface area contributed by atoms with Gasteiger partial charge in [0, 0.05) is 32.5 Å². The van der Waals surface area contributed by atoms with Crippen LogP contribution in [0.25, 0.3) is 0 Å². The highest BCUT2D eigenvalue weighted by molar-refractivity contribution is 5.73. The van der Waals surface area contributed by atoms with Crippen LogP contribution in [0.15, 0.2) is 30.3 Å².